The predicted octanol–water partition coefficient (Wildman–Crippen LogP) is 20.4. The van der Waals surface area contributed by atoms with Crippen LogP contribution in [-0.2, 0) is 51.6 Å². The molecule has 3 aromatic carbocycles. The fourth-order valence-electron chi connectivity index (χ4n) is 12.5. The summed E-state index contributed by atoms with van der Waals surface area (Å²) in [7, 11) is 9.86. The number of rotatable bonds is 15. The van der Waals surface area contributed by atoms with E-state index in [1.165, 1.54) is 5.56 Å². The van der Waals surface area contributed by atoms with Crippen LogP contribution in [0.3, 0.4) is 0 Å². The molecule has 0 spiro atoms. The highest BCUT2D eigenvalue weighted by molar-refractivity contribution is 6.04. The molecule has 10 aromatic rings. The number of aromatic hydroxyl groups is 1. The van der Waals surface area contributed by atoms with Crippen LogP contribution in [0.1, 0.15) is 277 Å². The minimum atomic E-state index is -0.436. The molecule has 0 aliphatic carbocycles. The van der Waals surface area contributed by atoms with Crippen LogP contribution in [0.15, 0.2) is 85.5 Å². The van der Waals surface area contributed by atoms with Crippen molar-refractivity contribution in [2.75, 3.05) is 20.6 Å². The largest absolute Gasteiger partial charge is 0.505 e. The molecule has 0 bridgehead atoms. The molecule has 110 heavy (non-hydrogen) atoms. The van der Waals surface area contributed by atoms with Gasteiger partial charge in [-0.25, -0.2) is 24.9 Å². The molecule has 0 unspecified atom stereocenters. The number of hydrogen-bond acceptors (Lipinski definition) is 12. The number of carbonyl (C=O) groups is 5. The molecule has 20 heteroatoms. The fourth-order valence-corrected chi connectivity index (χ4v) is 12.5. The molecule has 10 rings (SSSR count). The number of nitrogens with one attached hydrogen (secondary N) is 4. The van der Waals surface area contributed by atoms with E-state index in [-0.39, 0.29) is 68.0 Å². The van der Waals surface area contributed by atoms with Crippen LogP contribution in [0.5, 0.6) is 5.75 Å². The molecule has 7 aromatic heterocycles. The van der Waals surface area contributed by atoms with Gasteiger partial charge in [0.25, 0.3) is 0 Å². The number of H-pyrrole nitrogens is 3. The number of aromatic nitrogens is 12. The number of benzene rings is 3. The first kappa shape index (κ1) is 89.8. The second-order valence-corrected chi connectivity index (χ2v) is 40.6. The van der Waals surface area contributed by atoms with Crippen LogP contribution >= 0.6 is 0 Å². The highest BCUT2D eigenvalue weighted by Crippen LogP contribution is 2.38. The lowest BCUT2D eigenvalue weighted by atomic mass is 9.86. The summed E-state index contributed by atoms with van der Waals surface area (Å²) >= 11 is 0. The zero-order valence-corrected chi connectivity index (χ0v) is 73.4. The van der Waals surface area contributed by atoms with E-state index in [9.17, 15) is 29.1 Å². The maximum Gasteiger partial charge on any atom is 0.221 e. The zero-order valence-electron chi connectivity index (χ0n) is 73.4. The number of imidazole rings is 5. The van der Waals surface area contributed by atoms with Crippen LogP contribution in [0, 0.1) is 43.3 Å². The Bertz CT molecular complexity index is 4700. The Balaban J connectivity index is 0.000000220. The number of Topliss-reactive ketones (excluding diaryl/α,β-unsaturated/α-hetero) is 4. The average Bonchev–Trinajstić information content (AvgIpc) is 1.62. The van der Waals surface area contributed by atoms with Crippen molar-refractivity contribution >= 4 is 62.1 Å². The van der Waals surface area contributed by atoms with Crippen molar-refractivity contribution < 1.29 is 29.1 Å². The van der Waals surface area contributed by atoms with Gasteiger partial charge >= 0.3 is 0 Å². The fraction of sp³-hybridized carbons (Fsp3) is 0.556. The maximum atomic E-state index is 12.6. The number of aryl methyl sites for hydroxylation is 3. The monoisotopic (exact) mass is 1510 g/mol. The number of carbonyl (C=O) groups excluding carboxylic acids is 5. The van der Waals surface area contributed by atoms with Crippen molar-refractivity contribution in [3.63, 3.8) is 0 Å². The van der Waals surface area contributed by atoms with Crippen LogP contribution in [-0.4, -0.2) is 123 Å². The van der Waals surface area contributed by atoms with Gasteiger partial charge in [0.15, 0.2) is 46.5 Å². The van der Waals surface area contributed by atoms with Crippen molar-refractivity contribution in [2.24, 2.45) is 64.5 Å². The van der Waals surface area contributed by atoms with Crippen LogP contribution < -0.4 is 5.32 Å². The van der Waals surface area contributed by atoms with Gasteiger partial charge in [0.2, 0.25) is 11.7 Å². The molecule has 0 aliphatic rings. The van der Waals surface area contributed by atoms with E-state index in [0.717, 1.165) is 111 Å². The van der Waals surface area contributed by atoms with Gasteiger partial charge in [-0.15, -0.1) is 0 Å². The summed E-state index contributed by atoms with van der Waals surface area (Å²) in [6.07, 6.45) is 12.4. The summed E-state index contributed by atoms with van der Waals surface area (Å²) in [6.45, 7) is 60.5. The van der Waals surface area contributed by atoms with Crippen molar-refractivity contribution in [3.05, 3.63) is 130 Å². The van der Waals surface area contributed by atoms with E-state index in [4.69, 9.17) is 9.97 Å². The Labute approximate surface area is 656 Å². The topological polar surface area (TPSA) is 252 Å². The molecular formula is C90H134N14O6. The second kappa shape index (κ2) is 33.9. The van der Waals surface area contributed by atoms with Gasteiger partial charge in [-0.2, -0.15) is 0 Å². The van der Waals surface area contributed by atoms with E-state index in [2.05, 4.69) is 155 Å². The van der Waals surface area contributed by atoms with Gasteiger partial charge in [-0.05, 0) is 162 Å². The lowest BCUT2D eigenvalue weighted by Gasteiger charge is -2.21. The first-order valence-corrected chi connectivity index (χ1v) is 38.8. The molecule has 5 N–H and O–H groups in total. The molecule has 0 fully saturated rings. The molecule has 0 atom stereocenters. The number of aromatic amines is 3. The lowest BCUT2D eigenvalue weighted by molar-refractivity contribution is -0.122. The number of hydrogen-bond donors (Lipinski definition) is 5. The Hall–Kier alpha value is -9.04. The maximum absolute atomic E-state index is 12.6. The third-order valence-electron chi connectivity index (χ3n) is 17.6. The molecule has 600 valence electrons. The Kier molecular flexibility index (Phi) is 27.7. The molecule has 20 nitrogen and oxygen atoms in total. The SMILES string of the molecule is CC(C)n1cc(CC(C)(C)C)nc1C(=O)C(C)(C)C.CN(C)CCC(=O)NC(C)(C)C.Cn1cc(CC(C)(C)C)c(O)c1-c1nc2ccc(C(=O)C(C)(C)C)cc2[nH]1.Cn1cc(CC(C)(C)C)cc1-c1nc2ccc(C(=O)C(C)(C)C)cc2[nH]1.Cn1cc(CC(C)(C)C)nc1-c1nc2ccc(C(=O)C(C)(C)C)cc2[nH]1. The highest BCUT2D eigenvalue weighted by Gasteiger charge is 2.32. The Morgan fingerprint density at radius 3 is 1.25 bits per heavy atom. The van der Waals surface area contributed by atoms with E-state index >= 15 is 0 Å². The number of fused-ring (bicyclic) bond motifs is 3. The normalized spacial score (nSPS) is 12.7. The standard InChI is InChI=1S/C22H29N3O2.C22H29N3O.C21H28N4O.C16H28N2O.C9H20N2O/c1-21(2,3)11-14-12-25(7)17(18(14)26)20-23-15-9-8-13(10-16(15)24-20)19(27)22(4,5)6;1-21(2,3)12-14-10-18(25(7)13-14)20-23-16-9-8-15(11-17(16)24-20)19(26)22(4,5)6;1-20(2,3)11-14-12-25(7)19(22-14)18-23-15-9-8-13(10-16(15)24-18)17(26)21(4,5)6;1-11(2)18-10-12(9-15(3,4)5)17-14(18)13(19)16(6,7)8;1-9(2,3)10-8(12)6-7-11(4)5/h8-10,12,26H,11H2,1-7H3,(H,23,24);8-11,13H,12H2,1-7H3,(H,23,24);8-10,12H,11H2,1-7H3,(H,23,24);10-11H,9H2,1-8H3;6-7H2,1-5H3,(H,10,12). The van der Waals surface area contributed by atoms with Gasteiger partial charge in [0.1, 0.15) is 11.4 Å². The summed E-state index contributed by atoms with van der Waals surface area (Å²) in [5.41, 5.74) is 12.1. The van der Waals surface area contributed by atoms with E-state index < -0.39 is 21.7 Å². The Morgan fingerprint density at radius 2 is 0.855 bits per heavy atom. The smallest absolute Gasteiger partial charge is 0.221 e. The number of nitrogens with zero attached hydrogens (tertiary/aromatic N) is 10. The van der Waals surface area contributed by atoms with Gasteiger partial charge in [-0.1, -0.05) is 166 Å². The highest BCUT2D eigenvalue weighted by atomic mass is 16.3. The average molecular weight is 1510 g/mol. The van der Waals surface area contributed by atoms with Crippen molar-refractivity contribution in [1.82, 2.24) is 68.4 Å². The van der Waals surface area contributed by atoms with Gasteiger partial charge in [-0.3, -0.25) is 24.0 Å². The van der Waals surface area contributed by atoms with Crippen molar-refractivity contribution in [3.8, 4) is 40.4 Å². The molecular weight excluding hydrogens is 1370 g/mol. The number of ketones is 4. The molecule has 0 saturated carbocycles. The van der Waals surface area contributed by atoms with Crippen LogP contribution in [0.25, 0.3) is 67.8 Å². The molecule has 7 heterocycles. The first-order valence-electron chi connectivity index (χ1n) is 38.8. The lowest BCUT2D eigenvalue weighted by Crippen LogP contribution is -2.41. The van der Waals surface area contributed by atoms with Crippen LogP contribution in [0.4, 0.5) is 0 Å². The van der Waals surface area contributed by atoms with E-state index in [1.807, 2.05) is 225 Å². The van der Waals surface area contributed by atoms with E-state index in [1.54, 1.807) is 0 Å². The predicted molar refractivity (Wildman–Crippen MR) is 452 cm³/mol. The quantitative estimate of drug-likeness (QED) is 0.0601. The van der Waals surface area contributed by atoms with Gasteiger partial charge in [0.05, 0.1) is 50.2 Å². The van der Waals surface area contributed by atoms with Gasteiger partial charge < -0.3 is 48.5 Å². The van der Waals surface area contributed by atoms with Crippen molar-refractivity contribution in [1.29, 1.82) is 0 Å². The third kappa shape index (κ3) is 25.8. The summed E-state index contributed by atoms with van der Waals surface area (Å²) < 4.78 is 8.02. The Morgan fingerprint density at radius 1 is 0.455 bits per heavy atom. The van der Waals surface area contributed by atoms with Gasteiger partial charge in [0, 0.05) is 114 Å². The second-order valence-electron chi connectivity index (χ2n) is 40.6. The molecule has 0 aliphatic heterocycles. The van der Waals surface area contributed by atoms with Crippen LogP contribution in [0.2, 0.25) is 0 Å². The third-order valence-corrected chi connectivity index (χ3v) is 17.6. The van der Waals surface area contributed by atoms with E-state index in [0.29, 0.717) is 34.9 Å². The summed E-state index contributed by atoms with van der Waals surface area (Å²) in [6, 6.07) is 19.3. The minimum absolute atomic E-state index is 0.0756. The number of amides is 1. The molecule has 1 amide bonds. The zero-order chi connectivity index (χ0) is 83.5. The van der Waals surface area contributed by atoms with Crippen molar-refractivity contribution in [2.45, 2.75) is 244 Å². The summed E-state index contributed by atoms with van der Waals surface area (Å²) in [5, 5.41) is 13.7. The minimum Gasteiger partial charge on any atom is -0.505 e. The molecule has 0 saturated heterocycles. The summed E-state index contributed by atoms with van der Waals surface area (Å²) in [4.78, 5) is 96.7. The molecule has 0 radical (unpaired) electrons. The summed E-state index contributed by atoms with van der Waals surface area (Å²) in [5.74, 6) is 4.43. The first-order chi connectivity index (χ1) is 50.0.